The van der Waals surface area contributed by atoms with Crippen LogP contribution in [0.2, 0.25) is 0 Å². The molecular weight excluding hydrogens is 827 g/mol. The van der Waals surface area contributed by atoms with Gasteiger partial charge in [0.2, 0.25) is 0 Å². The second kappa shape index (κ2) is 17.6. The average molecular weight is 884 g/mol. The largest absolute Gasteiger partial charge is 0.457 e. The second-order valence-corrected chi connectivity index (χ2v) is 19.9. The topological polar surface area (TPSA) is 39.9 Å². The van der Waals surface area contributed by atoms with E-state index >= 15 is 0 Å². The van der Waals surface area contributed by atoms with E-state index in [9.17, 15) is 0 Å². The van der Waals surface area contributed by atoms with Crippen molar-refractivity contribution >= 4 is 21.8 Å². The molecule has 0 aliphatic heterocycles. The molecule has 68 heavy (non-hydrogen) atoms. The molecule has 7 aromatic carbocycles. The first kappa shape index (κ1) is 43.0. The number of hydrogen-bond acceptors (Lipinski definition) is 3. The first-order valence-electron chi connectivity index (χ1n) is 24.2. The Labute approximate surface area is 401 Å². The molecule has 4 nitrogen and oxygen atoms in total. The monoisotopic (exact) mass is 883 g/mol. The molecule has 11 rings (SSSR count). The fourth-order valence-electron chi connectivity index (χ4n) is 10.4. The lowest BCUT2D eigenvalue weighted by molar-refractivity contribution is 0.224. The van der Waals surface area contributed by atoms with Gasteiger partial charge in [0.25, 0.3) is 0 Å². The van der Waals surface area contributed by atoms with Crippen molar-refractivity contribution in [3.05, 3.63) is 210 Å². The van der Waals surface area contributed by atoms with Crippen LogP contribution in [0.15, 0.2) is 182 Å². The lowest BCUT2D eigenvalue weighted by Crippen LogP contribution is -2.20. The summed E-state index contributed by atoms with van der Waals surface area (Å²) < 4.78 is 9.00. The highest BCUT2D eigenvalue weighted by Gasteiger charge is 2.28. The minimum atomic E-state index is 0.464. The van der Waals surface area contributed by atoms with Gasteiger partial charge in [0.05, 0.1) is 16.7 Å². The van der Waals surface area contributed by atoms with Gasteiger partial charge in [-0.15, -0.1) is 0 Å². The van der Waals surface area contributed by atoms with E-state index in [0.29, 0.717) is 11.3 Å². The summed E-state index contributed by atoms with van der Waals surface area (Å²) in [6.07, 6.45) is 9.11. The van der Waals surface area contributed by atoms with E-state index in [1.54, 1.807) is 0 Å². The maximum absolute atomic E-state index is 6.73. The van der Waals surface area contributed by atoms with E-state index in [4.69, 9.17) is 14.7 Å². The highest BCUT2D eigenvalue weighted by molar-refractivity contribution is 6.10. The van der Waals surface area contributed by atoms with Crippen molar-refractivity contribution in [3.63, 3.8) is 0 Å². The summed E-state index contributed by atoms with van der Waals surface area (Å²) >= 11 is 0. The molecule has 3 aromatic heterocycles. The molecule has 0 atom stereocenters. The number of hydrogen-bond donors (Lipinski definition) is 0. The van der Waals surface area contributed by atoms with Crippen molar-refractivity contribution in [1.29, 1.82) is 0 Å². The van der Waals surface area contributed by atoms with Crippen molar-refractivity contribution < 1.29 is 4.74 Å². The van der Waals surface area contributed by atoms with Gasteiger partial charge in [0.1, 0.15) is 17.3 Å². The number of benzene rings is 7. The molecule has 0 spiro atoms. The summed E-state index contributed by atoms with van der Waals surface area (Å²) in [5, 5.41) is 2.30. The van der Waals surface area contributed by atoms with Gasteiger partial charge in [-0.05, 0) is 186 Å². The van der Waals surface area contributed by atoms with Crippen LogP contribution < -0.4 is 4.74 Å². The van der Waals surface area contributed by atoms with Gasteiger partial charge < -0.3 is 4.74 Å². The van der Waals surface area contributed by atoms with Crippen LogP contribution in [0.25, 0.3) is 83.4 Å². The number of rotatable bonds is 9. The van der Waals surface area contributed by atoms with Crippen LogP contribution in [0, 0.1) is 33.1 Å². The zero-order chi connectivity index (χ0) is 46.5. The van der Waals surface area contributed by atoms with Crippen molar-refractivity contribution in [3.8, 4) is 73.1 Å². The number of aryl methyl sites for hydroxylation is 4. The summed E-state index contributed by atoms with van der Waals surface area (Å²) in [6.45, 7) is 13.5. The van der Waals surface area contributed by atoms with Gasteiger partial charge in [0, 0.05) is 34.8 Å². The van der Waals surface area contributed by atoms with Gasteiger partial charge in [0.15, 0.2) is 0 Å². The van der Waals surface area contributed by atoms with E-state index in [1.807, 2.05) is 18.5 Å². The molecule has 1 saturated carbocycles. The molecule has 3 heterocycles. The van der Waals surface area contributed by atoms with Crippen LogP contribution >= 0.6 is 0 Å². The van der Waals surface area contributed by atoms with Crippen LogP contribution in [0.1, 0.15) is 73.3 Å². The van der Waals surface area contributed by atoms with Crippen molar-refractivity contribution in [1.82, 2.24) is 14.5 Å². The molecule has 0 unspecified atom stereocenters. The summed E-state index contributed by atoms with van der Waals surface area (Å²) in [5.74, 6) is 3.04. The first-order chi connectivity index (χ1) is 33.0. The van der Waals surface area contributed by atoms with Crippen LogP contribution in [0.5, 0.6) is 11.5 Å². The fourth-order valence-corrected chi connectivity index (χ4v) is 10.4. The van der Waals surface area contributed by atoms with Gasteiger partial charge >= 0.3 is 0 Å². The molecule has 10 aromatic rings. The Balaban J connectivity index is 0.891. The molecule has 4 heteroatoms. The van der Waals surface area contributed by atoms with Crippen molar-refractivity contribution in [2.45, 2.75) is 73.1 Å². The van der Waals surface area contributed by atoms with E-state index in [2.05, 4.69) is 210 Å². The average Bonchev–Trinajstić information content (AvgIpc) is 3.68. The minimum absolute atomic E-state index is 0.464. The number of nitrogens with zero attached hydrogens (tertiary/aromatic N) is 3. The summed E-state index contributed by atoms with van der Waals surface area (Å²) in [4.78, 5) is 9.90. The maximum Gasteiger partial charge on any atom is 0.137 e. The Morgan fingerprint density at radius 2 is 1.09 bits per heavy atom. The molecular formula is C64H57N3O. The molecule has 0 N–H and O–H groups in total. The standard InChI is InChI=1S/C64H57N3O/c1-41-34-63(66-39-43(41)3)67-61-28-24-52(49-21-19-48(20-22-49)47-17-15-46(16-18-47)45-11-8-7-9-12-45)36-59(61)57-27-25-55(37-62(57)67)68-54-14-10-13-53(35-54)60-38-58(44(4)40-65-60)56-26-23-51(33-42(56)2)50-29-31-64(5,6)32-30-50/h7-28,33-40,50H,29-32H2,1-6H3. The smallest absolute Gasteiger partial charge is 0.137 e. The van der Waals surface area contributed by atoms with Gasteiger partial charge in [-0.3, -0.25) is 9.55 Å². The lowest BCUT2D eigenvalue weighted by Gasteiger charge is -2.34. The third-order valence-electron chi connectivity index (χ3n) is 14.7. The predicted molar refractivity (Wildman–Crippen MR) is 284 cm³/mol. The Morgan fingerprint density at radius 3 is 1.78 bits per heavy atom. The van der Waals surface area contributed by atoms with Crippen molar-refractivity contribution in [2.75, 3.05) is 0 Å². The fraction of sp³-hybridized carbons (Fsp3) is 0.188. The Kier molecular flexibility index (Phi) is 11.1. The van der Waals surface area contributed by atoms with Gasteiger partial charge in [-0.25, -0.2) is 4.98 Å². The number of fused-ring (bicyclic) bond motifs is 3. The normalized spacial score (nSPS) is 13.9. The molecule has 0 bridgehead atoms. The number of pyridine rings is 2. The van der Waals surface area contributed by atoms with Crippen LogP contribution in [-0.4, -0.2) is 14.5 Å². The molecule has 1 aliphatic rings. The van der Waals surface area contributed by atoms with Crippen molar-refractivity contribution in [2.24, 2.45) is 5.41 Å². The molecule has 1 aliphatic carbocycles. The molecule has 0 radical (unpaired) electrons. The quantitative estimate of drug-likeness (QED) is 0.145. The number of ether oxygens (including phenoxy) is 1. The summed E-state index contributed by atoms with van der Waals surface area (Å²) in [6, 6.07) is 61.3. The van der Waals surface area contributed by atoms with Crippen LogP contribution in [0.3, 0.4) is 0 Å². The molecule has 0 saturated heterocycles. The maximum atomic E-state index is 6.73. The van der Waals surface area contributed by atoms with E-state index in [-0.39, 0.29) is 0 Å². The van der Waals surface area contributed by atoms with Crippen LogP contribution in [-0.2, 0) is 0 Å². The van der Waals surface area contributed by atoms with E-state index in [0.717, 1.165) is 55.9 Å². The third kappa shape index (κ3) is 8.41. The SMILES string of the molecule is Cc1cnc(-n2c3ccc(-c4ccc(-c5ccc(-c6ccccc6)cc5)cc4)cc3c3ccc(Oc4cccc(-c5cc(-c6ccc(C7CCC(C)(C)CC7)cc6C)c(C)cn5)c4)cc32)cc1C. The zero-order valence-corrected chi connectivity index (χ0v) is 40.0. The summed E-state index contributed by atoms with van der Waals surface area (Å²) in [5.41, 5.74) is 20.5. The minimum Gasteiger partial charge on any atom is -0.457 e. The summed E-state index contributed by atoms with van der Waals surface area (Å²) in [7, 11) is 0. The van der Waals surface area contributed by atoms with Gasteiger partial charge in [-0.1, -0.05) is 129 Å². The Bertz CT molecular complexity index is 3480. The predicted octanol–water partition coefficient (Wildman–Crippen LogP) is 17.6. The number of aromatic nitrogens is 3. The molecule has 1 fully saturated rings. The van der Waals surface area contributed by atoms with Crippen LogP contribution in [0.4, 0.5) is 0 Å². The highest BCUT2D eigenvalue weighted by atomic mass is 16.5. The molecule has 0 amide bonds. The highest BCUT2D eigenvalue weighted by Crippen LogP contribution is 2.44. The Morgan fingerprint density at radius 1 is 0.456 bits per heavy atom. The first-order valence-corrected chi connectivity index (χ1v) is 24.2. The van der Waals surface area contributed by atoms with Gasteiger partial charge in [-0.2, -0.15) is 0 Å². The zero-order valence-electron chi connectivity index (χ0n) is 40.0. The second-order valence-electron chi connectivity index (χ2n) is 19.9. The van der Waals surface area contributed by atoms with E-state index < -0.39 is 0 Å². The van der Waals surface area contributed by atoms with E-state index in [1.165, 1.54) is 92.4 Å². The lowest BCUT2D eigenvalue weighted by atomic mass is 9.71. The molecule has 334 valence electrons. The Hall–Kier alpha value is -7.56. The third-order valence-corrected chi connectivity index (χ3v) is 14.7.